The van der Waals surface area contributed by atoms with Gasteiger partial charge in [0.15, 0.2) is 0 Å². The number of rotatable bonds is 3. The molecule has 0 saturated heterocycles. The van der Waals surface area contributed by atoms with E-state index >= 15 is 0 Å². The van der Waals surface area contributed by atoms with Gasteiger partial charge < -0.3 is 15.8 Å². The molecule has 1 atom stereocenters. The fraction of sp³-hybridized carbons (Fsp3) is 0.462. The Bertz CT molecular complexity index is 455. The molecule has 17 heavy (non-hydrogen) atoms. The Morgan fingerprint density at radius 1 is 1.47 bits per heavy atom. The number of carbonyl (C=O) groups excluding carboxylic acids is 1. The van der Waals surface area contributed by atoms with Gasteiger partial charge in [-0.1, -0.05) is 12.1 Å². The molecule has 1 aliphatic heterocycles. The largest absolute Gasteiger partial charge is 0.383 e. The van der Waals surface area contributed by atoms with E-state index in [9.17, 15) is 4.79 Å². The summed E-state index contributed by atoms with van der Waals surface area (Å²) in [6.07, 6.45) is 0. The van der Waals surface area contributed by atoms with Crippen LogP contribution in [0.4, 0.5) is 5.69 Å². The summed E-state index contributed by atoms with van der Waals surface area (Å²) >= 11 is 0. The van der Waals surface area contributed by atoms with Crippen LogP contribution < -0.4 is 11.1 Å². The lowest BCUT2D eigenvalue weighted by atomic mass is 9.85. The lowest BCUT2D eigenvalue weighted by Gasteiger charge is -2.17. The van der Waals surface area contributed by atoms with Crippen LogP contribution in [0, 0.1) is 0 Å². The predicted molar refractivity (Wildman–Crippen MR) is 66.9 cm³/mol. The van der Waals surface area contributed by atoms with E-state index in [1.807, 2.05) is 32.0 Å². The van der Waals surface area contributed by atoms with Gasteiger partial charge in [0.2, 0.25) is 5.91 Å². The molecular weight excluding hydrogens is 216 g/mol. The van der Waals surface area contributed by atoms with Gasteiger partial charge in [0, 0.05) is 12.8 Å². The number of carbonyl (C=O) groups is 1. The van der Waals surface area contributed by atoms with E-state index in [1.54, 1.807) is 7.11 Å². The maximum atomic E-state index is 11.8. The van der Waals surface area contributed by atoms with Gasteiger partial charge >= 0.3 is 0 Å². The van der Waals surface area contributed by atoms with Crippen molar-refractivity contribution in [2.24, 2.45) is 5.73 Å². The van der Waals surface area contributed by atoms with Gasteiger partial charge in [-0.15, -0.1) is 0 Å². The third-order valence-corrected chi connectivity index (χ3v) is 3.31. The standard InChI is InChI=1S/C13H18N2O2/c1-13(2)9-6-8(10(14)7-17-3)4-5-11(9)15-12(13)16/h4-6,10H,7,14H2,1-3H3,(H,15,16). The van der Waals surface area contributed by atoms with E-state index < -0.39 is 5.41 Å². The molecule has 0 fully saturated rings. The van der Waals surface area contributed by atoms with Crippen LogP contribution in [0.1, 0.15) is 31.0 Å². The van der Waals surface area contributed by atoms with Crippen molar-refractivity contribution >= 4 is 11.6 Å². The van der Waals surface area contributed by atoms with Crippen LogP contribution >= 0.6 is 0 Å². The molecule has 1 aliphatic rings. The molecule has 1 heterocycles. The topological polar surface area (TPSA) is 64.3 Å². The molecule has 0 radical (unpaired) electrons. The van der Waals surface area contributed by atoms with Gasteiger partial charge in [0.05, 0.1) is 18.1 Å². The number of anilines is 1. The molecule has 4 nitrogen and oxygen atoms in total. The SMILES string of the molecule is COCC(N)c1ccc2c(c1)C(C)(C)C(=O)N2. The summed E-state index contributed by atoms with van der Waals surface area (Å²) < 4.78 is 5.04. The number of hydrogen-bond donors (Lipinski definition) is 2. The fourth-order valence-corrected chi connectivity index (χ4v) is 2.10. The van der Waals surface area contributed by atoms with Gasteiger partial charge in [-0.05, 0) is 31.0 Å². The molecule has 1 aromatic carbocycles. The molecule has 0 bridgehead atoms. The maximum absolute atomic E-state index is 11.8. The van der Waals surface area contributed by atoms with Gasteiger partial charge in [-0.3, -0.25) is 4.79 Å². The Morgan fingerprint density at radius 3 is 2.82 bits per heavy atom. The molecule has 1 unspecified atom stereocenters. The van der Waals surface area contributed by atoms with Crippen LogP contribution in [0.15, 0.2) is 18.2 Å². The Morgan fingerprint density at radius 2 is 2.18 bits per heavy atom. The number of amides is 1. The second-order valence-corrected chi connectivity index (χ2v) is 4.95. The van der Waals surface area contributed by atoms with E-state index in [0.717, 1.165) is 16.8 Å². The summed E-state index contributed by atoms with van der Waals surface area (Å²) in [7, 11) is 1.63. The average molecular weight is 234 g/mol. The van der Waals surface area contributed by atoms with Crippen molar-refractivity contribution < 1.29 is 9.53 Å². The number of nitrogens with one attached hydrogen (secondary N) is 1. The Labute approximate surface area is 101 Å². The van der Waals surface area contributed by atoms with E-state index in [2.05, 4.69) is 5.32 Å². The molecule has 0 aliphatic carbocycles. The van der Waals surface area contributed by atoms with Crippen LogP contribution in [0.5, 0.6) is 0 Å². The molecule has 92 valence electrons. The van der Waals surface area contributed by atoms with Crippen LogP contribution in [0.25, 0.3) is 0 Å². The predicted octanol–water partition coefficient (Wildman–Crippen LogP) is 1.56. The highest BCUT2D eigenvalue weighted by atomic mass is 16.5. The fourth-order valence-electron chi connectivity index (χ4n) is 2.10. The Balaban J connectivity index is 2.39. The monoisotopic (exact) mass is 234 g/mol. The number of ether oxygens (including phenoxy) is 1. The molecule has 0 aromatic heterocycles. The first-order valence-electron chi connectivity index (χ1n) is 5.67. The van der Waals surface area contributed by atoms with Gasteiger partial charge in [0.25, 0.3) is 0 Å². The minimum absolute atomic E-state index is 0.0324. The number of benzene rings is 1. The Kier molecular flexibility index (Phi) is 2.93. The lowest BCUT2D eigenvalue weighted by molar-refractivity contribution is -0.119. The zero-order chi connectivity index (χ0) is 12.6. The highest BCUT2D eigenvalue weighted by Crippen LogP contribution is 2.38. The summed E-state index contributed by atoms with van der Waals surface area (Å²) in [5, 5.41) is 2.87. The number of nitrogens with two attached hydrogens (primary N) is 1. The molecular formula is C13H18N2O2. The third-order valence-electron chi connectivity index (χ3n) is 3.31. The van der Waals surface area contributed by atoms with Crippen molar-refractivity contribution in [2.45, 2.75) is 25.3 Å². The summed E-state index contributed by atoms with van der Waals surface area (Å²) in [5.41, 5.74) is 8.39. The average Bonchev–Trinajstić information content (AvgIpc) is 2.50. The maximum Gasteiger partial charge on any atom is 0.234 e. The van der Waals surface area contributed by atoms with E-state index in [1.165, 1.54) is 0 Å². The summed E-state index contributed by atoms with van der Waals surface area (Å²) in [5.74, 6) is 0.0324. The zero-order valence-electron chi connectivity index (χ0n) is 10.4. The first-order chi connectivity index (χ1) is 7.96. The molecule has 0 saturated carbocycles. The summed E-state index contributed by atoms with van der Waals surface area (Å²) in [4.78, 5) is 11.8. The minimum Gasteiger partial charge on any atom is -0.383 e. The van der Waals surface area contributed by atoms with Gasteiger partial charge in [-0.25, -0.2) is 0 Å². The molecule has 1 amide bonds. The number of hydrogen-bond acceptors (Lipinski definition) is 3. The molecule has 1 aromatic rings. The van der Waals surface area contributed by atoms with Crippen molar-refractivity contribution in [1.82, 2.24) is 0 Å². The second-order valence-electron chi connectivity index (χ2n) is 4.95. The van der Waals surface area contributed by atoms with Crippen molar-refractivity contribution in [1.29, 1.82) is 0 Å². The molecule has 4 heteroatoms. The third kappa shape index (κ3) is 1.94. The molecule has 0 spiro atoms. The summed E-state index contributed by atoms with van der Waals surface area (Å²) in [6, 6.07) is 5.69. The van der Waals surface area contributed by atoms with Crippen LogP contribution in [-0.2, 0) is 14.9 Å². The zero-order valence-corrected chi connectivity index (χ0v) is 10.4. The first-order valence-corrected chi connectivity index (χ1v) is 5.67. The van der Waals surface area contributed by atoms with E-state index in [4.69, 9.17) is 10.5 Å². The number of methoxy groups -OCH3 is 1. The van der Waals surface area contributed by atoms with E-state index in [0.29, 0.717) is 6.61 Å². The first kappa shape index (κ1) is 12.1. The molecule has 3 N–H and O–H groups in total. The van der Waals surface area contributed by atoms with E-state index in [-0.39, 0.29) is 11.9 Å². The van der Waals surface area contributed by atoms with Crippen LogP contribution in [0.2, 0.25) is 0 Å². The van der Waals surface area contributed by atoms with Crippen molar-refractivity contribution in [3.05, 3.63) is 29.3 Å². The normalized spacial score (nSPS) is 18.7. The van der Waals surface area contributed by atoms with Gasteiger partial charge in [-0.2, -0.15) is 0 Å². The Hall–Kier alpha value is -1.39. The highest BCUT2D eigenvalue weighted by molar-refractivity contribution is 6.05. The minimum atomic E-state index is -0.488. The summed E-state index contributed by atoms with van der Waals surface area (Å²) in [6.45, 7) is 4.31. The van der Waals surface area contributed by atoms with Crippen LogP contribution in [-0.4, -0.2) is 19.6 Å². The van der Waals surface area contributed by atoms with Crippen molar-refractivity contribution in [2.75, 3.05) is 19.0 Å². The quantitative estimate of drug-likeness (QED) is 0.834. The molecule has 2 rings (SSSR count). The highest BCUT2D eigenvalue weighted by Gasteiger charge is 2.38. The number of fused-ring (bicyclic) bond motifs is 1. The van der Waals surface area contributed by atoms with Crippen molar-refractivity contribution in [3.63, 3.8) is 0 Å². The smallest absolute Gasteiger partial charge is 0.234 e. The van der Waals surface area contributed by atoms with Crippen LogP contribution in [0.3, 0.4) is 0 Å². The lowest BCUT2D eigenvalue weighted by Crippen LogP contribution is -2.27. The van der Waals surface area contributed by atoms with Crippen molar-refractivity contribution in [3.8, 4) is 0 Å². The van der Waals surface area contributed by atoms with Gasteiger partial charge in [0.1, 0.15) is 0 Å². The second kappa shape index (κ2) is 4.13.